The van der Waals surface area contributed by atoms with E-state index in [1.165, 1.54) is 19.3 Å². The largest absolute Gasteiger partial charge is 0.444 e. The van der Waals surface area contributed by atoms with Gasteiger partial charge in [-0.1, -0.05) is 13.8 Å². The molecule has 0 aromatic rings. The summed E-state index contributed by atoms with van der Waals surface area (Å²) >= 11 is 0. The molecule has 22 heavy (non-hydrogen) atoms. The number of amides is 1. The van der Waals surface area contributed by atoms with Gasteiger partial charge in [0.25, 0.3) is 0 Å². The van der Waals surface area contributed by atoms with Crippen molar-refractivity contribution in [3.8, 4) is 0 Å². The van der Waals surface area contributed by atoms with E-state index in [4.69, 9.17) is 4.74 Å². The van der Waals surface area contributed by atoms with Crippen molar-refractivity contribution in [1.82, 2.24) is 10.2 Å². The highest BCUT2D eigenvalue weighted by Gasteiger charge is 2.57. The summed E-state index contributed by atoms with van der Waals surface area (Å²) in [5.41, 5.74) is -0.393. The van der Waals surface area contributed by atoms with Crippen molar-refractivity contribution in [3.63, 3.8) is 0 Å². The van der Waals surface area contributed by atoms with E-state index in [0.29, 0.717) is 23.9 Å². The molecule has 1 N–H and O–H groups in total. The van der Waals surface area contributed by atoms with Gasteiger partial charge in [0.15, 0.2) is 0 Å². The normalized spacial score (nSPS) is 41.2. The highest BCUT2D eigenvalue weighted by molar-refractivity contribution is 5.69. The molecular formula is C18H32N2O2. The van der Waals surface area contributed by atoms with E-state index in [-0.39, 0.29) is 6.09 Å². The van der Waals surface area contributed by atoms with Crippen molar-refractivity contribution in [2.24, 2.45) is 23.7 Å². The molecule has 126 valence electrons. The van der Waals surface area contributed by atoms with Gasteiger partial charge in [0.2, 0.25) is 0 Å². The van der Waals surface area contributed by atoms with Crippen LogP contribution in [0.1, 0.15) is 53.9 Å². The van der Waals surface area contributed by atoms with Gasteiger partial charge in [0.05, 0.1) is 0 Å². The number of rotatable bonds is 2. The maximum Gasteiger partial charge on any atom is 0.410 e. The molecule has 1 amide bonds. The number of nitrogens with one attached hydrogen (secondary N) is 1. The summed E-state index contributed by atoms with van der Waals surface area (Å²) < 4.78 is 5.47. The summed E-state index contributed by atoms with van der Waals surface area (Å²) in [7, 11) is 0. The number of hydrogen-bond acceptors (Lipinski definition) is 3. The van der Waals surface area contributed by atoms with Crippen molar-refractivity contribution in [3.05, 3.63) is 0 Å². The Labute approximate surface area is 135 Å². The molecule has 3 fully saturated rings. The number of ether oxygens (including phenoxy) is 1. The summed E-state index contributed by atoms with van der Waals surface area (Å²) in [5, 5.41) is 3.88. The molecule has 1 saturated heterocycles. The van der Waals surface area contributed by atoms with Gasteiger partial charge in [-0.15, -0.1) is 0 Å². The Morgan fingerprint density at radius 3 is 2.09 bits per heavy atom. The summed E-state index contributed by atoms with van der Waals surface area (Å²) in [6.07, 6.45) is 3.87. The van der Waals surface area contributed by atoms with Gasteiger partial charge >= 0.3 is 6.09 Å². The molecule has 3 rings (SSSR count). The number of likely N-dealkylation sites (tertiary alicyclic amines) is 1. The Hall–Kier alpha value is -0.770. The molecule has 0 aromatic heterocycles. The van der Waals surface area contributed by atoms with E-state index in [2.05, 4.69) is 19.2 Å². The predicted molar refractivity (Wildman–Crippen MR) is 87.7 cm³/mol. The molecular weight excluding hydrogens is 276 g/mol. The number of fused-ring (bicyclic) bond motifs is 1. The monoisotopic (exact) mass is 308 g/mol. The van der Waals surface area contributed by atoms with Gasteiger partial charge in [-0.25, -0.2) is 4.79 Å². The van der Waals surface area contributed by atoms with E-state index >= 15 is 0 Å². The van der Waals surface area contributed by atoms with Crippen molar-refractivity contribution in [2.75, 3.05) is 13.1 Å². The van der Waals surface area contributed by atoms with Gasteiger partial charge in [-0.05, 0) is 63.7 Å². The molecule has 1 aliphatic heterocycles. The van der Waals surface area contributed by atoms with Crippen molar-refractivity contribution >= 4 is 6.09 Å². The van der Waals surface area contributed by atoms with E-state index in [9.17, 15) is 4.79 Å². The Morgan fingerprint density at radius 1 is 1.05 bits per heavy atom. The smallest absolute Gasteiger partial charge is 0.410 e. The number of piperidine rings is 1. The molecule has 3 aliphatic rings. The third-order valence-electron chi connectivity index (χ3n) is 5.45. The zero-order valence-corrected chi connectivity index (χ0v) is 14.8. The highest BCUT2D eigenvalue weighted by atomic mass is 16.6. The Balaban J connectivity index is 1.44. The van der Waals surface area contributed by atoms with Crippen LogP contribution in [0.2, 0.25) is 0 Å². The van der Waals surface area contributed by atoms with Gasteiger partial charge in [0, 0.05) is 25.2 Å². The Bertz CT molecular complexity index is 409. The highest BCUT2D eigenvalue weighted by Crippen LogP contribution is 2.46. The fourth-order valence-electron chi connectivity index (χ4n) is 4.60. The van der Waals surface area contributed by atoms with Gasteiger partial charge in [-0.2, -0.15) is 0 Å². The first-order chi connectivity index (χ1) is 10.2. The predicted octanol–water partition coefficient (Wildman–Crippen LogP) is 3.27. The van der Waals surface area contributed by atoms with Gasteiger partial charge in [0.1, 0.15) is 5.60 Å². The first-order valence-corrected chi connectivity index (χ1v) is 8.97. The van der Waals surface area contributed by atoms with Crippen molar-refractivity contribution < 1.29 is 9.53 Å². The second-order valence-corrected chi connectivity index (χ2v) is 9.02. The lowest BCUT2D eigenvalue weighted by atomic mass is 9.80. The molecule has 4 atom stereocenters. The Kier molecular flexibility index (Phi) is 4.17. The number of hydrogen-bond donors (Lipinski definition) is 1. The molecule has 4 nitrogen and oxygen atoms in total. The van der Waals surface area contributed by atoms with Crippen LogP contribution in [0, 0.1) is 23.7 Å². The number of carbonyl (C=O) groups excluding carboxylic acids is 1. The van der Waals surface area contributed by atoms with Crippen molar-refractivity contribution in [1.29, 1.82) is 0 Å². The second-order valence-electron chi connectivity index (χ2n) is 9.02. The third-order valence-corrected chi connectivity index (χ3v) is 5.45. The summed E-state index contributed by atoms with van der Waals surface area (Å²) in [5.74, 6) is 3.00. The molecule has 0 radical (unpaired) electrons. The molecule has 0 bridgehead atoms. The molecule has 0 aromatic carbocycles. The van der Waals surface area contributed by atoms with Crippen LogP contribution in [0.15, 0.2) is 0 Å². The van der Waals surface area contributed by atoms with Crippen LogP contribution < -0.4 is 5.32 Å². The Morgan fingerprint density at radius 2 is 1.59 bits per heavy atom. The fourth-order valence-corrected chi connectivity index (χ4v) is 4.60. The summed E-state index contributed by atoms with van der Waals surface area (Å²) in [4.78, 5) is 14.0. The summed E-state index contributed by atoms with van der Waals surface area (Å²) in [6.45, 7) is 12.3. The fraction of sp³-hybridized carbons (Fsp3) is 0.944. The SMILES string of the molecule is CC1CC(C)CC(NC2C3CN(C(=O)OC(C)(C)C)CC32)C1. The van der Waals surface area contributed by atoms with Crippen LogP contribution in [0.25, 0.3) is 0 Å². The first-order valence-electron chi connectivity index (χ1n) is 8.97. The van der Waals surface area contributed by atoms with Gasteiger partial charge in [-0.3, -0.25) is 0 Å². The van der Waals surface area contributed by atoms with Crippen LogP contribution >= 0.6 is 0 Å². The number of nitrogens with zero attached hydrogens (tertiary/aromatic N) is 1. The molecule has 2 saturated carbocycles. The van der Waals surface area contributed by atoms with Crippen LogP contribution in [0.3, 0.4) is 0 Å². The number of carbonyl (C=O) groups is 1. The lowest BCUT2D eigenvalue weighted by molar-refractivity contribution is 0.0268. The van der Waals surface area contributed by atoms with Crippen molar-refractivity contribution in [2.45, 2.75) is 71.6 Å². The zero-order valence-electron chi connectivity index (χ0n) is 14.8. The molecule has 1 heterocycles. The lowest BCUT2D eigenvalue weighted by Crippen LogP contribution is -2.43. The third kappa shape index (κ3) is 3.58. The van der Waals surface area contributed by atoms with Crippen LogP contribution in [-0.2, 0) is 4.74 Å². The molecule has 4 unspecified atom stereocenters. The molecule has 2 aliphatic carbocycles. The van der Waals surface area contributed by atoms with Crippen LogP contribution in [0.5, 0.6) is 0 Å². The topological polar surface area (TPSA) is 41.6 Å². The zero-order chi connectivity index (χ0) is 16.1. The minimum Gasteiger partial charge on any atom is -0.444 e. The lowest BCUT2D eigenvalue weighted by Gasteiger charge is -2.33. The quantitative estimate of drug-likeness (QED) is 0.851. The van der Waals surface area contributed by atoms with Gasteiger partial charge < -0.3 is 15.0 Å². The van der Waals surface area contributed by atoms with Crippen LogP contribution in [-0.4, -0.2) is 41.8 Å². The maximum atomic E-state index is 12.1. The minimum absolute atomic E-state index is 0.140. The molecule has 4 heteroatoms. The minimum atomic E-state index is -0.393. The standard InChI is InChI=1S/C18H32N2O2/c1-11-6-12(2)8-13(7-11)19-16-14-9-20(10-15(14)16)17(21)22-18(3,4)5/h11-16,19H,6-10H2,1-5H3. The average Bonchev–Trinajstić information content (AvgIpc) is 2.81. The average molecular weight is 308 g/mol. The van der Waals surface area contributed by atoms with E-state index in [1.807, 2.05) is 25.7 Å². The van der Waals surface area contributed by atoms with E-state index < -0.39 is 5.60 Å². The first kappa shape index (κ1) is 16.1. The van der Waals surface area contributed by atoms with E-state index in [0.717, 1.165) is 24.9 Å². The molecule has 0 spiro atoms. The summed E-state index contributed by atoms with van der Waals surface area (Å²) in [6, 6.07) is 1.32. The van der Waals surface area contributed by atoms with E-state index in [1.54, 1.807) is 0 Å². The maximum absolute atomic E-state index is 12.1. The van der Waals surface area contributed by atoms with Crippen LogP contribution in [0.4, 0.5) is 4.79 Å². The second kappa shape index (κ2) is 5.70.